The molecule has 2 aliphatic rings. The second-order valence-corrected chi connectivity index (χ2v) is 4.90. The molecule has 6 nitrogen and oxygen atoms in total. The summed E-state index contributed by atoms with van der Waals surface area (Å²) in [5, 5.41) is 5.69. The van der Waals surface area contributed by atoms with E-state index >= 15 is 0 Å². The van der Waals surface area contributed by atoms with Gasteiger partial charge in [-0.3, -0.25) is 4.79 Å². The first-order chi connectivity index (χ1) is 10.2. The highest BCUT2D eigenvalue weighted by Gasteiger charge is 2.28. The van der Waals surface area contributed by atoms with Crippen LogP contribution >= 0.6 is 0 Å². The second-order valence-electron chi connectivity index (χ2n) is 4.90. The Bertz CT molecular complexity index is 637. The minimum atomic E-state index is -0.356. The molecular formula is C15H16N2O4. The number of nitrogens with one attached hydrogen (secondary N) is 2. The standard InChI is InChI=1S/C15H16N2O4/c1-2-5-20-15(19)9-3-4-12-10(6-9)7-11-13(18)16-8-17-14(11)21-12/h3-4,6,17H,2,5,7-8H2,1H3,(H,16,18). The molecule has 0 saturated heterocycles. The number of hydrogen-bond donors (Lipinski definition) is 2. The molecule has 2 aliphatic heterocycles. The van der Waals surface area contributed by atoms with E-state index in [0.717, 1.165) is 12.0 Å². The lowest BCUT2D eigenvalue weighted by molar-refractivity contribution is -0.118. The summed E-state index contributed by atoms with van der Waals surface area (Å²) in [6.45, 7) is 2.69. The smallest absolute Gasteiger partial charge is 0.338 e. The topological polar surface area (TPSA) is 76.7 Å². The number of fused-ring (bicyclic) bond motifs is 1. The van der Waals surface area contributed by atoms with Gasteiger partial charge in [0.05, 0.1) is 24.4 Å². The Kier molecular flexibility index (Phi) is 3.51. The molecule has 0 aromatic heterocycles. The van der Waals surface area contributed by atoms with Gasteiger partial charge in [-0.15, -0.1) is 0 Å². The van der Waals surface area contributed by atoms with Crippen LogP contribution in [0.25, 0.3) is 0 Å². The van der Waals surface area contributed by atoms with Gasteiger partial charge >= 0.3 is 5.97 Å². The number of amides is 1. The maximum Gasteiger partial charge on any atom is 0.338 e. The van der Waals surface area contributed by atoms with Crippen molar-refractivity contribution in [3.63, 3.8) is 0 Å². The van der Waals surface area contributed by atoms with Crippen LogP contribution in [0.1, 0.15) is 29.3 Å². The van der Waals surface area contributed by atoms with Crippen molar-refractivity contribution in [2.75, 3.05) is 13.3 Å². The van der Waals surface area contributed by atoms with Crippen molar-refractivity contribution in [1.82, 2.24) is 10.6 Å². The lowest BCUT2D eigenvalue weighted by Gasteiger charge is -2.27. The highest BCUT2D eigenvalue weighted by molar-refractivity contribution is 5.96. The third kappa shape index (κ3) is 2.56. The van der Waals surface area contributed by atoms with E-state index in [9.17, 15) is 9.59 Å². The summed E-state index contributed by atoms with van der Waals surface area (Å²) in [4.78, 5) is 23.7. The van der Waals surface area contributed by atoms with E-state index in [2.05, 4.69) is 10.6 Å². The van der Waals surface area contributed by atoms with Gasteiger partial charge in [-0.25, -0.2) is 4.79 Å². The Morgan fingerprint density at radius 1 is 1.38 bits per heavy atom. The van der Waals surface area contributed by atoms with Gasteiger partial charge in [0.25, 0.3) is 5.91 Å². The molecular weight excluding hydrogens is 272 g/mol. The predicted molar refractivity (Wildman–Crippen MR) is 74.5 cm³/mol. The van der Waals surface area contributed by atoms with E-state index in [1.54, 1.807) is 18.2 Å². The summed E-state index contributed by atoms with van der Waals surface area (Å²) >= 11 is 0. The first-order valence-corrected chi connectivity index (χ1v) is 6.92. The number of hydrogen-bond acceptors (Lipinski definition) is 5. The largest absolute Gasteiger partial charge is 0.462 e. The van der Waals surface area contributed by atoms with E-state index in [1.807, 2.05) is 6.92 Å². The molecule has 110 valence electrons. The average molecular weight is 288 g/mol. The number of esters is 1. The fourth-order valence-electron chi connectivity index (χ4n) is 2.30. The van der Waals surface area contributed by atoms with Crippen molar-refractivity contribution in [2.24, 2.45) is 0 Å². The second kappa shape index (κ2) is 5.47. The Morgan fingerprint density at radius 2 is 2.24 bits per heavy atom. The number of carbonyl (C=O) groups is 2. The lowest BCUT2D eigenvalue weighted by atomic mass is 9.99. The molecule has 0 spiro atoms. The van der Waals surface area contributed by atoms with Gasteiger partial charge in [0.1, 0.15) is 5.75 Å². The molecule has 0 unspecified atom stereocenters. The van der Waals surface area contributed by atoms with Crippen LogP contribution in [0.2, 0.25) is 0 Å². The van der Waals surface area contributed by atoms with Gasteiger partial charge in [0.15, 0.2) is 0 Å². The van der Waals surface area contributed by atoms with Crippen molar-refractivity contribution in [2.45, 2.75) is 19.8 Å². The summed E-state index contributed by atoms with van der Waals surface area (Å²) in [6.07, 6.45) is 1.21. The summed E-state index contributed by atoms with van der Waals surface area (Å²) in [5.74, 6) is 0.648. The van der Waals surface area contributed by atoms with E-state index < -0.39 is 0 Å². The zero-order chi connectivity index (χ0) is 14.8. The number of ether oxygens (including phenoxy) is 2. The highest BCUT2D eigenvalue weighted by atomic mass is 16.5. The number of carbonyl (C=O) groups excluding carboxylic acids is 2. The maximum absolute atomic E-state index is 11.9. The lowest BCUT2D eigenvalue weighted by Crippen LogP contribution is -2.44. The molecule has 3 rings (SSSR count). The van der Waals surface area contributed by atoms with Gasteiger partial charge in [-0.2, -0.15) is 0 Å². The molecule has 0 fully saturated rings. The van der Waals surface area contributed by atoms with Crippen LogP contribution in [0.3, 0.4) is 0 Å². The average Bonchev–Trinajstić information content (AvgIpc) is 2.51. The van der Waals surface area contributed by atoms with Crippen LogP contribution < -0.4 is 15.4 Å². The van der Waals surface area contributed by atoms with Gasteiger partial charge in [-0.1, -0.05) is 6.92 Å². The van der Waals surface area contributed by atoms with Crippen LogP contribution in [0.4, 0.5) is 0 Å². The van der Waals surface area contributed by atoms with Gasteiger partial charge in [0.2, 0.25) is 5.88 Å². The van der Waals surface area contributed by atoms with Crippen molar-refractivity contribution >= 4 is 11.9 Å². The quantitative estimate of drug-likeness (QED) is 0.814. The summed E-state index contributed by atoms with van der Waals surface area (Å²) in [7, 11) is 0. The monoisotopic (exact) mass is 288 g/mol. The Hall–Kier alpha value is -2.50. The van der Waals surface area contributed by atoms with Crippen molar-refractivity contribution in [1.29, 1.82) is 0 Å². The minimum absolute atomic E-state index is 0.145. The van der Waals surface area contributed by atoms with Gasteiger partial charge in [-0.05, 0) is 24.6 Å². The SMILES string of the molecule is CCCOC(=O)c1ccc2c(c1)CC1=C(NCNC1=O)O2. The molecule has 6 heteroatoms. The van der Waals surface area contributed by atoms with Crippen molar-refractivity contribution in [3.05, 3.63) is 40.8 Å². The fraction of sp³-hybridized carbons (Fsp3) is 0.333. The fourth-order valence-corrected chi connectivity index (χ4v) is 2.30. The van der Waals surface area contributed by atoms with E-state index in [4.69, 9.17) is 9.47 Å². The van der Waals surface area contributed by atoms with Crippen LogP contribution in [-0.4, -0.2) is 25.2 Å². The Morgan fingerprint density at radius 3 is 3.05 bits per heavy atom. The Balaban J connectivity index is 1.85. The molecule has 0 aliphatic carbocycles. The van der Waals surface area contributed by atoms with Crippen LogP contribution in [-0.2, 0) is 16.0 Å². The normalized spacial score (nSPS) is 16.1. The molecule has 0 radical (unpaired) electrons. The molecule has 1 aromatic rings. The first-order valence-electron chi connectivity index (χ1n) is 6.92. The summed E-state index contributed by atoms with van der Waals surface area (Å²) in [5.41, 5.74) is 1.82. The van der Waals surface area contributed by atoms with E-state index in [0.29, 0.717) is 42.5 Å². The third-order valence-corrected chi connectivity index (χ3v) is 3.36. The highest BCUT2D eigenvalue weighted by Crippen LogP contribution is 2.31. The summed E-state index contributed by atoms with van der Waals surface area (Å²) in [6, 6.07) is 5.13. The molecule has 1 amide bonds. The zero-order valence-electron chi connectivity index (χ0n) is 11.7. The van der Waals surface area contributed by atoms with Gasteiger partial charge < -0.3 is 20.1 Å². The zero-order valence-corrected chi connectivity index (χ0v) is 11.7. The maximum atomic E-state index is 11.9. The molecule has 21 heavy (non-hydrogen) atoms. The molecule has 1 aromatic carbocycles. The van der Waals surface area contributed by atoms with Crippen LogP contribution in [0.5, 0.6) is 5.75 Å². The number of benzene rings is 1. The number of rotatable bonds is 3. The first kappa shape index (κ1) is 13.5. The molecule has 0 bridgehead atoms. The van der Waals surface area contributed by atoms with E-state index in [1.165, 1.54) is 0 Å². The van der Waals surface area contributed by atoms with Crippen LogP contribution in [0, 0.1) is 0 Å². The molecule has 0 atom stereocenters. The molecule has 2 heterocycles. The molecule has 2 N–H and O–H groups in total. The van der Waals surface area contributed by atoms with E-state index in [-0.39, 0.29) is 11.9 Å². The van der Waals surface area contributed by atoms with Gasteiger partial charge in [0, 0.05) is 12.0 Å². The van der Waals surface area contributed by atoms with Crippen LogP contribution in [0.15, 0.2) is 29.7 Å². The Labute approximate surface area is 122 Å². The molecule has 0 saturated carbocycles. The summed E-state index contributed by atoms with van der Waals surface area (Å²) < 4.78 is 10.8. The minimum Gasteiger partial charge on any atom is -0.462 e. The predicted octanol–water partition coefficient (Wildman–Crippen LogP) is 1.08. The van der Waals surface area contributed by atoms with Crippen molar-refractivity contribution in [3.8, 4) is 5.75 Å². The third-order valence-electron chi connectivity index (χ3n) is 3.36. The van der Waals surface area contributed by atoms with Crippen molar-refractivity contribution < 1.29 is 19.1 Å².